The molecule has 0 aromatic rings. The fourth-order valence-corrected chi connectivity index (χ4v) is 4.53. The number of nitrogens with one attached hydrogen (secondary N) is 2. The van der Waals surface area contributed by atoms with Crippen molar-refractivity contribution in [3.8, 4) is 0 Å². The van der Waals surface area contributed by atoms with E-state index in [9.17, 15) is 19.2 Å². The Morgan fingerprint density at radius 3 is 1.42 bits per heavy atom. The minimum atomic E-state index is -0.885. The number of esters is 1. The molecule has 0 aromatic carbocycles. The predicted molar refractivity (Wildman–Crippen MR) is 151 cm³/mol. The summed E-state index contributed by atoms with van der Waals surface area (Å²) in [5.74, 6) is -2.15. The Balaban J connectivity index is 0.000000434. The van der Waals surface area contributed by atoms with Gasteiger partial charge in [-0.05, 0) is 67.2 Å². The molecule has 2 rings (SSSR count). The second-order valence-electron chi connectivity index (χ2n) is 12.3. The molecule has 2 aliphatic rings. The van der Waals surface area contributed by atoms with E-state index < -0.39 is 35.3 Å². The van der Waals surface area contributed by atoms with Crippen molar-refractivity contribution in [2.45, 2.75) is 103 Å². The molecular weight excluding hydrogens is 572 g/mol. The number of rotatable bonds is 12. The van der Waals surface area contributed by atoms with Crippen LogP contribution in [0.15, 0.2) is 0 Å². The van der Waals surface area contributed by atoms with Gasteiger partial charge in [-0.15, -0.1) is 0 Å². The molecule has 0 heterocycles. The van der Waals surface area contributed by atoms with E-state index in [-0.39, 0.29) is 56.6 Å². The zero-order chi connectivity index (χ0) is 32.8. The lowest BCUT2D eigenvalue weighted by Crippen LogP contribution is -2.43. The Morgan fingerprint density at radius 2 is 1.05 bits per heavy atom. The van der Waals surface area contributed by atoms with Crippen LogP contribution in [0.1, 0.15) is 67.2 Å². The molecule has 0 spiro atoms. The quantitative estimate of drug-likeness (QED) is 0.164. The molecule has 0 bridgehead atoms. The molecule has 250 valence electrons. The van der Waals surface area contributed by atoms with Crippen LogP contribution in [-0.4, -0.2) is 106 Å². The maximum Gasteiger partial charge on any atom is 0.407 e. The molecule has 2 saturated carbocycles. The van der Waals surface area contributed by atoms with Crippen LogP contribution in [0.5, 0.6) is 0 Å². The minimum Gasteiger partial charge on any atom is -0.481 e. The van der Waals surface area contributed by atoms with Gasteiger partial charge in [-0.3, -0.25) is 9.59 Å². The lowest BCUT2D eigenvalue weighted by molar-refractivity contribution is -0.159. The number of carboxylic acid groups (broad SMARTS) is 1. The topological polar surface area (TPSA) is 186 Å². The van der Waals surface area contributed by atoms with Crippen molar-refractivity contribution in [1.29, 1.82) is 0 Å². The molecule has 3 N–H and O–H groups in total. The Kier molecular flexibility index (Phi) is 16.2. The highest BCUT2D eigenvalue weighted by Crippen LogP contribution is 2.30. The summed E-state index contributed by atoms with van der Waals surface area (Å²) in [7, 11) is 4.44. The third kappa shape index (κ3) is 15.5. The Bertz CT molecular complexity index is 887. The molecule has 0 aliphatic heterocycles. The minimum absolute atomic E-state index is 0.0590. The number of methoxy groups -OCH3 is 3. The average molecular weight is 623 g/mol. The molecule has 0 radical (unpaired) electrons. The average Bonchev–Trinajstić information content (AvgIpc) is 3.46. The van der Waals surface area contributed by atoms with Gasteiger partial charge in [0.05, 0.1) is 36.1 Å². The fourth-order valence-electron chi connectivity index (χ4n) is 4.53. The number of hydrogen-bond donors (Lipinski definition) is 3. The lowest BCUT2D eigenvalue weighted by Gasteiger charge is -2.24. The molecule has 2 amide bonds. The van der Waals surface area contributed by atoms with Crippen molar-refractivity contribution in [2.24, 2.45) is 11.8 Å². The third-order valence-corrected chi connectivity index (χ3v) is 6.21. The normalized spacial score (nSPS) is 25.2. The Labute approximate surface area is 253 Å². The van der Waals surface area contributed by atoms with E-state index >= 15 is 0 Å². The van der Waals surface area contributed by atoms with Gasteiger partial charge in [-0.2, -0.15) is 0 Å². The molecule has 0 aromatic heterocycles. The second-order valence-corrected chi connectivity index (χ2v) is 12.3. The number of amides is 2. The van der Waals surface area contributed by atoms with E-state index in [2.05, 4.69) is 10.6 Å². The predicted octanol–water partition coefficient (Wildman–Crippen LogP) is 2.79. The van der Waals surface area contributed by atoms with Gasteiger partial charge in [0.1, 0.15) is 24.8 Å². The molecule has 0 unspecified atom stereocenters. The summed E-state index contributed by atoms with van der Waals surface area (Å²) in [5.41, 5.74) is -1.19. The largest absolute Gasteiger partial charge is 0.481 e. The number of carbonyl (C=O) groups excluding carboxylic acids is 3. The highest BCUT2D eigenvalue weighted by Gasteiger charge is 2.41. The van der Waals surface area contributed by atoms with E-state index in [1.807, 2.05) is 0 Å². The Morgan fingerprint density at radius 1 is 0.651 bits per heavy atom. The first kappa shape index (κ1) is 38.3. The van der Waals surface area contributed by atoms with Crippen molar-refractivity contribution in [3.63, 3.8) is 0 Å². The Hall–Kier alpha value is -2.72. The van der Waals surface area contributed by atoms with Crippen LogP contribution in [0.4, 0.5) is 9.59 Å². The van der Waals surface area contributed by atoms with E-state index in [0.29, 0.717) is 25.7 Å². The molecule has 2 aliphatic carbocycles. The van der Waals surface area contributed by atoms with Crippen LogP contribution in [-0.2, 0) is 47.5 Å². The number of carboxylic acids is 1. The van der Waals surface area contributed by atoms with Crippen LogP contribution in [0, 0.1) is 11.8 Å². The highest BCUT2D eigenvalue weighted by molar-refractivity contribution is 5.74. The van der Waals surface area contributed by atoms with Gasteiger partial charge in [0.25, 0.3) is 0 Å². The zero-order valence-electron chi connectivity index (χ0n) is 26.8. The van der Waals surface area contributed by atoms with Gasteiger partial charge >= 0.3 is 24.1 Å². The smallest absolute Gasteiger partial charge is 0.407 e. The molecule has 15 nitrogen and oxygen atoms in total. The van der Waals surface area contributed by atoms with Gasteiger partial charge in [-0.1, -0.05) is 0 Å². The molecule has 43 heavy (non-hydrogen) atoms. The van der Waals surface area contributed by atoms with Gasteiger partial charge in [0.15, 0.2) is 6.79 Å². The van der Waals surface area contributed by atoms with E-state index in [0.717, 1.165) is 0 Å². The maximum atomic E-state index is 12.0. The third-order valence-electron chi connectivity index (χ3n) is 6.21. The summed E-state index contributed by atoms with van der Waals surface area (Å²) >= 11 is 0. The zero-order valence-corrected chi connectivity index (χ0v) is 26.8. The number of alkyl carbamates (subject to hydrolysis) is 2. The van der Waals surface area contributed by atoms with Gasteiger partial charge < -0.3 is 53.6 Å². The fraction of sp³-hybridized carbons (Fsp3) is 0.857. The van der Waals surface area contributed by atoms with E-state index in [4.69, 9.17) is 43.0 Å². The van der Waals surface area contributed by atoms with Crippen molar-refractivity contribution in [2.75, 3.05) is 41.7 Å². The molecular formula is C28H50N2O13. The van der Waals surface area contributed by atoms with Gasteiger partial charge in [0, 0.05) is 21.3 Å². The van der Waals surface area contributed by atoms with Crippen molar-refractivity contribution in [3.05, 3.63) is 0 Å². The van der Waals surface area contributed by atoms with Crippen LogP contribution >= 0.6 is 0 Å². The van der Waals surface area contributed by atoms with Crippen LogP contribution in [0.25, 0.3) is 0 Å². The first-order chi connectivity index (χ1) is 20.0. The van der Waals surface area contributed by atoms with Crippen molar-refractivity contribution in [1.82, 2.24) is 10.6 Å². The molecule has 6 atom stereocenters. The van der Waals surface area contributed by atoms with E-state index in [1.165, 1.54) is 21.3 Å². The monoisotopic (exact) mass is 622 g/mol. The number of hydrogen-bond acceptors (Lipinski definition) is 12. The standard InChI is InChI=1S/C15H27NO7.C13H23NO6/c1-15(2,3)23-14(18)16-11-6-10(13(17)22-9-20-5)7-12(11)21-8-19-4;1-13(2,3)20-12(17)14-9-5-8(11(15)16)6-10(9)19-7-18-4/h10-12H,6-9H2,1-5H3,(H,16,18);8-10H,5-7H2,1-4H3,(H,14,17)(H,15,16)/t10-,11+,12-;8-,9+,10-/m11/s1. The SMILES string of the molecule is COCOC(=O)[C@@H]1C[C@H](NC(=O)OC(C)(C)C)[C@H](OCOC)C1.COCO[C@@H]1C[C@H](C(=O)O)C[C@@H]1NC(=O)OC(C)(C)C. The van der Waals surface area contributed by atoms with Gasteiger partial charge in [-0.25, -0.2) is 9.59 Å². The molecule has 15 heteroatoms. The van der Waals surface area contributed by atoms with E-state index in [1.54, 1.807) is 41.5 Å². The summed E-state index contributed by atoms with van der Waals surface area (Å²) in [5, 5.41) is 14.5. The highest BCUT2D eigenvalue weighted by atomic mass is 16.7. The van der Waals surface area contributed by atoms with Crippen LogP contribution in [0.2, 0.25) is 0 Å². The van der Waals surface area contributed by atoms with Crippen LogP contribution in [0.3, 0.4) is 0 Å². The summed E-state index contributed by atoms with van der Waals surface area (Å²) in [6.07, 6.45) is -0.324. The summed E-state index contributed by atoms with van der Waals surface area (Å²) in [6, 6.07) is -0.735. The van der Waals surface area contributed by atoms with Crippen molar-refractivity contribution < 1.29 is 62.2 Å². The molecule has 0 saturated heterocycles. The first-order valence-corrected chi connectivity index (χ1v) is 14.1. The molecule has 2 fully saturated rings. The number of carbonyl (C=O) groups is 4. The number of aliphatic carboxylic acids is 1. The summed E-state index contributed by atoms with van der Waals surface area (Å²) < 4.78 is 40.8. The second kappa shape index (κ2) is 18.2. The summed E-state index contributed by atoms with van der Waals surface area (Å²) in [6.45, 7) is 10.7. The lowest BCUT2D eigenvalue weighted by atomic mass is 10.1. The van der Waals surface area contributed by atoms with Gasteiger partial charge in [0.2, 0.25) is 0 Å². The van der Waals surface area contributed by atoms with Crippen LogP contribution < -0.4 is 10.6 Å². The first-order valence-electron chi connectivity index (χ1n) is 14.1. The van der Waals surface area contributed by atoms with Crippen molar-refractivity contribution >= 4 is 24.1 Å². The number of ether oxygens (including phenoxy) is 8. The summed E-state index contributed by atoms with van der Waals surface area (Å²) in [4.78, 5) is 46.7. The maximum absolute atomic E-state index is 12.0.